The molecule has 3 aliphatic rings. The molecule has 1 aliphatic carbocycles. The second-order valence-electron chi connectivity index (χ2n) is 11.8. The summed E-state index contributed by atoms with van der Waals surface area (Å²) in [5.41, 5.74) is 4.67. The normalized spacial score (nSPS) is 20.9. The van der Waals surface area contributed by atoms with Gasteiger partial charge in [-0.1, -0.05) is 25.1 Å². The summed E-state index contributed by atoms with van der Waals surface area (Å²) in [5.74, 6) is 0.943. The van der Waals surface area contributed by atoms with Crippen molar-refractivity contribution in [3.05, 3.63) is 81.9 Å². The fourth-order valence-electron chi connectivity index (χ4n) is 6.88. The summed E-state index contributed by atoms with van der Waals surface area (Å²) in [6.45, 7) is 10.4. The summed E-state index contributed by atoms with van der Waals surface area (Å²) >= 11 is 0. The number of hydrogen-bond donors (Lipinski definition) is 3. The zero-order valence-electron chi connectivity index (χ0n) is 24.1. The predicted octanol–water partition coefficient (Wildman–Crippen LogP) is 3.56. The molecule has 42 heavy (non-hydrogen) atoms. The Balaban J connectivity index is 1.21. The van der Waals surface area contributed by atoms with Crippen molar-refractivity contribution in [2.75, 3.05) is 25.0 Å². The maximum atomic E-state index is 13.4. The summed E-state index contributed by atoms with van der Waals surface area (Å²) in [6, 6.07) is 11.1. The molecule has 3 N–H and O–H groups in total. The Bertz CT molecular complexity index is 1720. The van der Waals surface area contributed by atoms with E-state index < -0.39 is 5.60 Å². The molecular formula is C32H38N8O2. The van der Waals surface area contributed by atoms with Crippen LogP contribution in [0, 0.1) is 0 Å². The van der Waals surface area contributed by atoms with Crippen molar-refractivity contribution in [1.29, 1.82) is 0 Å². The number of aryl methyl sites for hydroxylation is 1. The zero-order chi connectivity index (χ0) is 28.8. The Morgan fingerprint density at radius 2 is 1.98 bits per heavy atom. The minimum atomic E-state index is -0.962. The molecule has 10 heteroatoms. The SMILES string of the molecule is C=CCn1c(=O)c2cnc(Nc3ccc4c(c3)CCN(C3CCNCC3)C4)nc2n1-c1ccc2c(n1)[C@@](O)(CC)CC2. The van der Waals surface area contributed by atoms with E-state index >= 15 is 0 Å². The van der Waals surface area contributed by atoms with E-state index in [-0.39, 0.29) is 12.1 Å². The van der Waals surface area contributed by atoms with Crippen molar-refractivity contribution < 1.29 is 5.11 Å². The lowest BCUT2D eigenvalue weighted by molar-refractivity contribution is 0.0306. The average Bonchev–Trinajstić information content (AvgIpc) is 3.50. The monoisotopic (exact) mass is 566 g/mol. The molecule has 0 spiro atoms. The van der Waals surface area contributed by atoms with Gasteiger partial charge in [-0.05, 0) is 86.5 Å². The average molecular weight is 567 g/mol. The minimum Gasteiger partial charge on any atom is -0.384 e. The topological polar surface area (TPSA) is 113 Å². The van der Waals surface area contributed by atoms with Gasteiger partial charge in [-0.25, -0.2) is 19.3 Å². The highest BCUT2D eigenvalue weighted by atomic mass is 16.3. The number of rotatable bonds is 7. The van der Waals surface area contributed by atoms with E-state index in [2.05, 4.69) is 45.3 Å². The van der Waals surface area contributed by atoms with E-state index in [1.807, 2.05) is 19.1 Å². The number of aromatic nitrogens is 5. The van der Waals surface area contributed by atoms with Gasteiger partial charge < -0.3 is 15.7 Å². The van der Waals surface area contributed by atoms with Crippen LogP contribution in [0.3, 0.4) is 0 Å². The van der Waals surface area contributed by atoms with E-state index in [4.69, 9.17) is 9.97 Å². The number of aliphatic hydroxyl groups is 1. The molecule has 1 saturated heterocycles. The van der Waals surface area contributed by atoms with Crippen LogP contribution in [0.15, 0.2) is 54.0 Å². The van der Waals surface area contributed by atoms with Crippen LogP contribution in [0.1, 0.15) is 55.0 Å². The van der Waals surface area contributed by atoms with Gasteiger partial charge in [-0.15, -0.1) is 6.58 Å². The third-order valence-electron chi connectivity index (χ3n) is 9.32. The first-order valence-corrected chi connectivity index (χ1v) is 15.1. The van der Waals surface area contributed by atoms with Gasteiger partial charge in [0.1, 0.15) is 11.0 Å². The summed E-state index contributed by atoms with van der Waals surface area (Å²) in [6.07, 6.45) is 8.72. The van der Waals surface area contributed by atoms with Gasteiger partial charge in [0.15, 0.2) is 11.5 Å². The molecule has 1 fully saturated rings. The van der Waals surface area contributed by atoms with Crippen molar-refractivity contribution in [3.8, 4) is 5.82 Å². The highest BCUT2D eigenvalue weighted by molar-refractivity contribution is 5.77. The van der Waals surface area contributed by atoms with Crippen LogP contribution in [0.5, 0.6) is 0 Å². The second-order valence-corrected chi connectivity index (χ2v) is 11.8. The second kappa shape index (κ2) is 10.8. The van der Waals surface area contributed by atoms with E-state index in [1.165, 1.54) is 24.0 Å². The number of nitrogens with one attached hydrogen (secondary N) is 2. The smallest absolute Gasteiger partial charge is 0.278 e. The fourth-order valence-corrected chi connectivity index (χ4v) is 6.88. The molecule has 1 atom stereocenters. The molecule has 3 aromatic heterocycles. The molecule has 0 amide bonds. The number of nitrogens with zero attached hydrogens (tertiary/aromatic N) is 6. The van der Waals surface area contributed by atoms with Crippen molar-refractivity contribution in [2.24, 2.45) is 0 Å². The van der Waals surface area contributed by atoms with Crippen molar-refractivity contribution in [2.45, 2.75) is 70.2 Å². The van der Waals surface area contributed by atoms with Crippen LogP contribution in [-0.4, -0.2) is 60.0 Å². The number of anilines is 2. The Labute approximate surface area is 245 Å². The third kappa shape index (κ3) is 4.63. The number of allylic oxidation sites excluding steroid dienone is 1. The molecular weight excluding hydrogens is 528 g/mol. The number of fused-ring (bicyclic) bond motifs is 3. The first-order chi connectivity index (χ1) is 20.5. The zero-order valence-corrected chi connectivity index (χ0v) is 24.1. The fraction of sp³-hybridized carbons (Fsp3) is 0.438. The Kier molecular flexibility index (Phi) is 6.92. The molecule has 0 bridgehead atoms. The Hall–Kier alpha value is -3.86. The lowest BCUT2D eigenvalue weighted by Gasteiger charge is -2.38. The van der Waals surface area contributed by atoms with Crippen molar-refractivity contribution in [1.82, 2.24) is 34.5 Å². The Morgan fingerprint density at radius 3 is 2.79 bits per heavy atom. The first kappa shape index (κ1) is 27.0. The van der Waals surface area contributed by atoms with Gasteiger partial charge in [-0.3, -0.25) is 9.69 Å². The molecule has 5 heterocycles. The first-order valence-electron chi connectivity index (χ1n) is 15.1. The standard InChI is InChI=1S/C32H38N8O2/c1-3-16-39-30(41)26-19-34-31(37-29(26)40(39)27-8-6-21-9-13-32(42,4-2)28(21)36-27)35-24-7-5-23-20-38(17-12-22(23)18-24)25-10-14-33-15-11-25/h3,5-8,18-19,25,33,42H,1,4,9-17,20H2,2H3,(H,34,35,37)/t32-/m1/s1. The van der Waals surface area contributed by atoms with Gasteiger partial charge >= 0.3 is 0 Å². The molecule has 7 rings (SSSR count). The van der Waals surface area contributed by atoms with E-state index in [9.17, 15) is 9.90 Å². The number of pyridine rings is 1. The van der Waals surface area contributed by atoms with E-state index in [0.29, 0.717) is 47.4 Å². The summed E-state index contributed by atoms with van der Waals surface area (Å²) in [4.78, 5) is 30.2. The maximum Gasteiger partial charge on any atom is 0.278 e. The van der Waals surface area contributed by atoms with Gasteiger partial charge in [0.05, 0.1) is 12.2 Å². The van der Waals surface area contributed by atoms with Crippen LogP contribution >= 0.6 is 0 Å². The Morgan fingerprint density at radius 1 is 1.14 bits per heavy atom. The van der Waals surface area contributed by atoms with Crippen LogP contribution < -0.4 is 16.2 Å². The van der Waals surface area contributed by atoms with Gasteiger partial charge in [0.25, 0.3) is 5.56 Å². The molecule has 1 aromatic carbocycles. The lowest BCUT2D eigenvalue weighted by atomic mass is 9.95. The molecule has 0 unspecified atom stereocenters. The van der Waals surface area contributed by atoms with Crippen molar-refractivity contribution >= 4 is 22.7 Å². The van der Waals surface area contributed by atoms with Crippen molar-refractivity contribution in [3.63, 3.8) is 0 Å². The molecule has 4 aromatic rings. The maximum absolute atomic E-state index is 13.4. The third-order valence-corrected chi connectivity index (χ3v) is 9.32. The summed E-state index contributed by atoms with van der Waals surface area (Å²) < 4.78 is 3.29. The number of piperidine rings is 1. The van der Waals surface area contributed by atoms with Crippen LogP contribution in [-0.2, 0) is 31.5 Å². The van der Waals surface area contributed by atoms with Crippen LogP contribution in [0.2, 0.25) is 0 Å². The van der Waals surface area contributed by atoms with E-state index in [0.717, 1.165) is 50.3 Å². The lowest BCUT2D eigenvalue weighted by Crippen LogP contribution is -2.45. The molecule has 0 saturated carbocycles. The quantitative estimate of drug-likeness (QED) is 0.291. The molecule has 0 radical (unpaired) electrons. The number of hydrogen-bond acceptors (Lipinski definition) is 8. The van der Waals surface area contributed by atoms with Gasteiger partial charge in [0.2, 0.25) is 5.95 Å². The molecule has 10 nitrogen and oxygen atoms in total. The summed E-state index contributed by atoms with van der Waals surface area (Å²) in [5, 5.41) is 18.4. The van der Waals surface area contributed by atoms with Gasteiger partial charge in [0, 0.05) is 31.0 Å². The minimum absolute atomic E-state index is 0.211. The van der Waals surface area contributed by atoms with Gasteiger partial charge in [-0.2, -0.15) is 4.98 Å². The molecule has 218 valence electrons. The highest BCUT2D eigenvalue weighted by Gasteiger charge is 2.37. The highest BCUT2D eigenvalue weighted by Crippen LogP contribution is 2.38. The predicted molar refractivity (Wildman–Crippen MR) is 163 cm³/mol. The van der Waals surface area contributed by atoms with Crippen LogP contribution in [0.4, 0.5) is 11.6 Å². The number of benzene rings is 1. The molecule has 2 aliphatic heterocycles. The van der Waals surface area contributed by atoms with Crippen LogP contribution in [0.25, 0.3) is 16.9 Å². The largest absolute Gasteiger partial charge is 0.384 e. The van der Waals surface area contributed by atoms with E-state index in [1.54, 1.807) is 21.6 Å². The summed E-state index contributed by atoms with van der Waals surface area (Å²) in [7, 11) is 0.